The maximum Gasteiger partial charge on any atom is 0.248 e. The molecular weight excluding hydrogens is 350 g/mol. The summed E-state index contributed by atoms with van der Waals surface area (Å²) in [6.45, 7) is 0. The minimum absolute atomic E-state index is 0.118. The van der Waals surface area contributed by atoms with E-state index in [-0.39, 0.29) is 18.4 Å². The van der Waals surface area contributed by atoms with E-state index >= 15 is 0 Å². The van der Waals surface area contributed by atoms with Crippen molar-refractivity contribution in [3.63, 3.8) is 0 Å². The van der Waals surface area contributed by atoms with Crippen LogP contribution in [0.2, 0.25) is 5.02 Å². The van der Waals surface area contributed by atoms with Crippen LogP contribution in [0.4, 0.5) is 5.95 Å². The summed E-state index contributed by atoms with van der Waals surface area (Å²) in [4.78, 5) is 17.0. The standard InChI is InChI=1S/C19H20ClN5O/c20-15-8-6-13(7-9-15)16(25-10-1-2-11-25)12-17(26)21-19-22-18(23-24-19)14-4-3-5-14/h1-2,6-11,14,16H,3-5,12H2,(H2,21,22,23,24,26)/t16-/m1/s1. The molecule has 3 aromatic rings. The summed E-state index contributed by atoms with van der Waals surface area (Å²) >= 11 is 5.99. The van der Waals surface area contributed by atoms with E-state index in [1.54, 1.807) is 0 Å². The maximum atomic E-state index is 12.6. The molecule has 2 heterocycles. The number of aromatic nitrogens is 4. The molecule has 1 fully saturated rings. The quantitative estimate of drug-likeness (QED) is 0.685. The number of nitrogens with zero attached hydrogens (tertiary/aromatic N) is 3. The van der Waals surface area contributed by atoms with E-state index in [9.17, 15) is 4.79 Å². The van der Waals surface area contributed by atoms with Crippen molar-refractivity contribution < 1.29 is 4.79 Å². The molecule has 7 heteroatoms. The molecule has 1 amide bonds. The molecule has 1 aromatic carbocycles. The highest BCUT2D eigenvalue weighted by molar-refractivity contribution is 6.30. The van der Waals surface area contributed by atoms with Gasteiger partial charge in [0.25, 0.3) is 0 Å². The number of amides is 1. The first-order chi connectivity index (χ1) is 12.7. The second-order valence-electron chi connectivity index (χ2n) is 6.62. The van der Waals surface area contributed by atoms with Crippen molar-refractivity contribution in [2.24, 2.45) is 0 Å². The van der Waals surface area contributed by atoms with E-state index in [4.69, 9.17) is 11.6 Å². The van der Waals surface area contributed by atoms with Gasteiger partial charge in [-0.1, -0.05) is 30.2 Å². The summed E-state index contributed by atoms with van der Waals surface area (Å²) in [5.41, 5.74) is 1.02. The van der Waals surface area contributed by atoms with Crippen LogP contribution in [0.5, 0.6) is 0 Å². The van der Waals surface area contributed by atoms with Crippen LogP contribution in [0.1, 0.15) is 49.0 Å². The minimum atomic E-state index is -0.127. The Morgan fingerprint density at radius 1 is 1.27 bits per heavy atom. The molecule has 0 saturated heterocycles. The van der Waals surface area contributed by atoms with Crippen LogP contribution in [0.15, 0.2) is 48.8 Å². The Bertz CT molecular complexity index is 868. The summed E-state index contributed by atoms with van der Waals surface area (Å²) < 4.78 is 2.01. The van der Waals surface area contributed by atoms with E-state index in [0.29, 0.717) is 16.9 Å². The monoisotopic (exact) mass is 369 g/mol. The van der Waals surface area contributed by atoms with Gasteiger partial charge in [0.05, 0.1) is 12.5 Å². The van der Waals surface area contributed by atoms with Crippen LogP contribution >= 0.6 is 11.6 Å². The first-order valence-corrected chi connectivity index (χ1v) is 9.17. The zero-order valence-corrected chi connectivity index (χ0v) is 15.0. The number of anilines is 1. The molecule has 4 rings (SSSR count). The van der Waals surface area contributed by atoms with Gasteiger partial charge in [-0.25, -0.2) is 0 Å². The first-order valence-electron chi connectivity index (χ1n) is 8.79. The number of rotatable bonds is 6. The fourth-order valence-corrected chi connectivity index (χ4v) is 3.31. The van der Waals surface area contributed by atoms with Crippen molar-refractivity contribution in [2.75, 3.05) is 5.32 Å². The van der Waals surface area contributed by atoms with Crippen LogP contribution in [0.25, 0.3) is 0 Å². The number of halogens is 1. The molecular formula is C19H20ClN5O. The SMILES string of the molecule is O=C(C[C@H](c1ccc(Cl)cc1)n1cccc1)Nc1n[nH]c(C2CCC2)n1. The lowest BCUT2D eigenvalue weighted by Crippen LogP contribution is -2.20. The van der Waals surface area contributed by atoms with Crippen molar-refractivity contribution in [3.05, 3.63) is 65.2 Å². The molecule has 0 radical (unpaired) electrons. The van der Waals surface area contributed by atoms with Crippen molar-refractivity contribution in [1.29, 1.82) is 0 Å². The number of H-pyrrole nitrogens is 1. The van der Waals surface area contributed by atoms with Crippen molar-refractivity contribution in [2.45, 2.75) is 37.6 Å². The third-order valence-corrected chi connectivity index (χ3v) is 5.12. The number of carbonyl (C=O) groups excluding carboxylic acids is 1. The topological polar surface area (TPSA) is 75.6 Å². The molecule has 1 atom stereocenters. The molecule has 134 valence electrons. The molecule has 2 aromatic heterocycles. The lowest BCUT2D eigenvalue weighted by atomic mass is 9.85. The highest BCUT2D eigenvalue weighted by Gasteiger charge is 2.24. The van der Waals surface area contributed by atoms with Crippen molar-refractivity contribution >= 4 is 23.5 Å². The number of nitrogens with one attached hydrogen (secondary N) is 2. The summed E-state index contributed by atoms with van der Waals surface area (Å²) in [5, 5.41) is 10.5. The molecule has 0 spiro atoms. The molecule has 0 unspecified atom stereocenters. The molecule has 1 saturated carbocycles. The highest BCUT2D eigenvalue weighted by Crippen LogP contribution is 2.34. The maximum absolute atomic E-state index is 12.6. The van der Waals surface area contributed by atoms with Crippen molar-refractivity contribution in [1.82, 2.24) is 19.7 Å². The van der Waals surface area contributed by atoms with Gasteiger partial charge >= 0.3 is 0 Å². The van der Waals surface area contributed by atoms with E-state index in [0.717, 1.165) is 24.2 Å². The molecule has 6 nitrogen and oxygen atoms in total. The number of carbonyl (C=O) groups is 1. The van der Waals surface area contributed by atoms with Crippen LogP contribution in [-0.2, 0) is 4.79 Å². The van der Waals surface area contributed by atoms with Gasteiger partial charge in [0.15, 0.2) is 0 Å². The van der Waals surface area contributed by atoms with Gasteiger partial charge in [0.2, 0.25) is 11.9 Å². The largest absolute Gasteiger partial charge is 0.346 e. The lowest BCUT2D eigenvalue weighted by Gasteiger charge is -2.22. The zero-order chi connectivity index (χ0) is 17.9. The number of hydrogen-bond donors (Lipinski definition) is 2. The van der Waals surface area contributed by atoms with Crippen LogP contribution in [0, 0.1) is 0 Å². The number of benzene rings is 1. The fraction of sp³-hybridized carbons (Fsp3) is 0.316. The van der Waals surface area contributed by atoms with Crippen LogP contribution in [-0.4, -0.2) is 25.7 Å². The molecule has 1 aliphatic rings. The predicted molar refractivity (Wildman–Crippen MR) is 100 cm³/mol. The van der Waals surface area contributed by atoms with Gasteiger partial charge in [-0.05, 0) is 42.7 Å². The first kappa shape index (κ1) is 16.8. The Labute approximate surface area is 156 Å². The van der Waals surface area contributed by atoms with E-state index in [2.05, 4.69) is 20.5 Å². The second-order valence-corrected chi connectivity index (χ2v) is 7.06. The van der Waals surface area contributed by atoms with Gasteiger partial charge in [0.1, 0.15) is 5.82 Å². The lowest BCUT2D eigenvalue weighted by molar-refractivity contribution is -0.116. The third-order valence-electron chi connectivity index (χ3n) is 4.87. The molecule has 1 aliphatic carbocycles. The van der Waals surface area contributed by atoms with Crippen LogP contribution < -0.4 is 5.32 Å². The second kappa shape index (κ2) is 7.33. The van der Waals surface area contributed by atoms with Crippen LogP contribution in [0.3, 0.4) is 0 Å². The van der Waals surface area contributed by atoms with E-state index < -0.39 is 0 Å². The zero-order valence-electron chi connectivity index (χ0n) is 14.2. The Hall–Kier alpha value is -2.60. The predicted octanol–water partition coefficient (Wildman–Crippen LogP) is 4.15. The Kier molecular flexibility index (Phi) is 4.75. The normalized spacial score (nSPS) is 15.4. The molecule has 0 aliphatic heterocycles. The van der Waals surface area contributed by atoms with Crippen molar-refractivity contribution in [3.8, 4) is 0 Å². The Morgan fingerprint density at radius 3 is 2.65 bits per heavy atom. The Balaban J connectivity index is 1.47. The average molecular weight is 370 g/mol. The molecule has 0 bridgehead atoms. The van der Waals surface area contributed by atoms with Gasteiger partial charge in [-0.2, -0.15) is 4.98 Å². The fourth-order valence-electron chi connectivity index (χ4n) is 3.18. The van der Waals surface area contributed by atoms with Gasteiger partial charge in [-0.3, -0.25) is 15.2 Å². The van der Waals surface area contributed by atoms with E-state index in [1.807, 2.05) is 53.4 Å². The third kappa shape index (κ3) is 3.65. The van der Waals surface area contributed by atoms with Gasteiger partial charge in [-0.15, -0.1) is 5.10 Å². The molecule has 2 N–H and O–H groups in total. The highest BCUT2D eigenvalue weighted by atomic mass is 35.5. The average Bonchev–Trinajstić information content (AvgIpc) is 3.24. The number of aromatic amines is 1. The van der Waals surface area contributed by atoms with Gasteiger partial charge in [0, 0.05) is 23.3 Å². The summed E-state index contributed by atoms with van der Waals surface area (Å²) in [6, 6.07) is 11.3. The summed E-state index contributed by atoms with van der Waals surface area (Å²) in [6.07, 6.45) is 7.68. The van der Waals surface area contributed by atoms with Gasteiger partial charge < -0.3 is 4.57 Å². The summed E-state index contributed by atoms with van der Waals surface area (Å²) in [7, 11) is 0. The Morgan fingerprint density at radius 2 is 2.00 bits per heavy atom. The van der Waals surface area contributed by atoms with E-state index in [1.165, 1.54) is 6.42 Å². The molecule has 26 heavy (non-hydrogen) atoms. The number of hydrogen-bond acceptors (Lipinski definition) is 3. The minimum Gasteiger partial charge on any atom is -0.346 e. The smallest absolute Gasteiger partial charge is 0.248 e. The summed E-state index contributed by atoms with van der Waals surface area (Å²) in [5.74, 6) is 1.54.